The average Bonchev–Trinajstić information content (AvgIpc) is 1.78. The Hall–Kier alpha value is -4.78. The van der Waals surface area contributed by atoms with E-state index < -0.39 is 24.1 Å². The van der Waals surface area contributed by atoms with Gasteiger partial charge < -0.3 is 82.8 Å². The Balaban J connectivity index is 0.747. The first-order valence-electron chi connectivity index (χ1n) is 36.9. The summed E-state index contributed by atoms with van der Waals surface area (Å²) in [5, 5.41) is 12.0. The van der Waals surface area contributed by atoms with Crippen LogP contribution in [0, 0.1) is 23.7 Å². The third-order valence-electron chi connectivity index (χ3n) is 18.3. The zero-order valence-corrected chi connectivity index (χ0v) is 58.1. The standard InChI is InChI=1S/C72H126N4O19/c1-3-67(77)90-53-55-94-71(81)75-65-33-25-61(26-34-65)57-59-21-29-63(30-22-59)73-69(79)92-51-19-17-49-88-47-15-13-45-86-43-11-9-41-84-39-7-5-37-83-38-6-8-40-85-42-10-12-44-87-46-14-16-48-89-50-18-20-52-93-70(80)74-64-31-23-60(24-32-64)58-62-27-35-66(36-28-62)76-72(82)95-56-54-91-68(78)4-2/h3-4,59-66H,1-2,5-58H2,(H,73,79)(H,74,80)(H,75,81)(H,76,82). The lowest BCUT2D eigenvalue weighted by Gasteiger charge is -2.34. The van der Waals surface area contributed by atoms with Crippen molar-refractivity contribution >= 4 is 36.3 Å². The highest BCUT2D eigenvalue weighted by atomic mass is 16.6. The lowest BCUT2D eigenvalue weighted by atomic mass is 9.76. The maximum absolute atomic E-state index is 12.4. The molecule has 0 radical (unpaired) electrons. The third-order valence-corrected chi connectivity index (χ3v) is 18.3. The van der Waals surface area contributed by atoms with Crippen LogP contribution in [0.15, 0.2) is 25.3 Å². The van der Waals surface area contributed by atoms with Gasteiger partial charge in [-0.2, -0.15) is 0 Å². The second-order valence-corrected chi connectivity index (χ2v) is 26.1. The molecule has 0 spiro atoms. The molecule has 0 atom stereocenters. The number of esters is 2. The maximum atomic E-state index is 12.4. The number of ether oxygens (including phenoxy) is 13. The smallest absolute Gasteiger partial charge is 0.407 e. The molecule has 4 amide bonds. The van der Waals surface area contributed by atoms with Gasteiger partial charge in [0.05, 0.1) is 13.2 Å². The minimum atomic E-state index is -0.537. The van der Waals surface area contributed by atoms with Crippen molar-refractivity contribution in [2.75, 3.05) is 132 Å². The largest absolute Gasteiger partial charge is 0.459 e. The molecule has 0 saturated heterocycles. The minimum absolute atomic E-state index is 0.0129. The molecule has 0 bridgehead atoms. The van der Waals surface area contributed by atoms with Crippen LogP contribution in [0.5, 0.6) is 0 Å². The van der Waals surface area contributed by atoms with E-state index in [4.69, 9.17) is 61.6 Å². The van der Waals surface area contributed by atoms with E-state index in [2.05, 4.69) is 34.4 Å². The number of alkyl carbamates (subject to hydrolysis) is 4. The highest BCUT2D eigenvalue weighted by Gasteiger charge is 2.30. The fourth-order valence-electron chi connectivity index (χ4n) is 12.7. The fourth-order valence-corrected chi connectivity index (χ4v) is 12.7. The molecule has 4 aliphatic rings. The number of rotatable bonds is 56. The molecule has 4 N–H and O–H groups in total. The summed E-state index contributed by atoms with van der Waals surface area (Å²) in [6.45, 7) is 17.9. The van der Waals surface area contributed by atoms with Crippen molar-refractivity contribution in [3.05, 3.63) is 25.3 Å². The molecule has 0 heterocycles. The van der Waals surface area contributed by atoms with Crippen molar-refractivity contribution in [1.29, 1.82) is 0 Å². The zero-order chi connectivity index (χ0) is 67.7. The van der Waals surface area contributed by atoms with E-state index in [1.54, 1.807) is 0 Å². The summed E-state index contributed by atoms with van der Waals surface area (Å²) in [7, 11) is 0. The summed E-state index contributed by atoms with van der Waals surface area (Å²) in [6.07, 6.45) is 34.7. The molecule has 95 heavy (non-hydrogen) atoms. The topological polar surface area (TPSA) is 271 Å². The molecular formula is C72H126N4O19. The molecule has 4 rings (SSSR count). The van der Waals surface area contributed by atoms with Gasteiger partial charge in [0.25, 0.3) is 0 Å². The maximum Gasteiger partial charge on any atom is 0.407 e. The lowest BCUT2D eigenvalue weighted by Crippen LogP contribution is -2.39. The van der Waals surface area contributed by atoms with Crippen LogP contribution >= 0.6 is 0 Å². The molecule has 0 unspecified atom stereocenters. The Bertz CT molecular complexity index is 1840. The molecule has 548 valence electrons. The Kier molecular flexibility index (Phi) is 49.7. The van der Waals surface area contributed by atoms with Gasteiger partial charge in [-0.15, -0.1) is 0 Å². The number of carbonyl (C=O) groups excluding carboxylic acids is 6. The van der Waals surface area contributed by atoms with E-state index in [0.717, 1.165) is 284 Å². The Morgan fingerprint density at radius 3 is 0.600 bits per heavy atom. The van der Waals surface area contributed by atoms with Crippen LogP contribution in [0.25, 0.3) is 0 Å². The van der Waals surface area contributed by atoms with Crippen LogP contribution in [0.1, 0.15) is 218 Å². The number of unbranched alkanes of at least 4 members (excludes halogenated alkanes) is 8. The monoisotopic (exact) mass is 1350 g/mol. The van der Waals surface area contributed by atoms with Crippen LogP contribution in [0.2, 0.25) is 0 Å². The number of hydrogen-bond acceptors (Lipinski definition) is 19. The predicted molar refractivity (Wildman–Crippen MR) is 362 cm³/mol. The average molecular weight is 1350 g/mol. The van der Waals surface area contributed by atoms with Crippen LogP contribution in [0.4, 0.5) is 19.2 Å². The summed E-state index contributed by atoms with van der Waals surface area (Å²) in [5.41, 5.74) is 0. The summed E-state index contributed by atoms with van der Waals surface area (Å²) < 4.78 is 71.3. The van der Waals surface area contributed by atoms with Gasteiger partial charge in [0.2, 0.25) is 0 Å². The number of nitrogens with one attached hydrogen (secondary N) is 4. The van der Waals surface area contributed by atoms with Crippen molar-refractivity contribution in [1.82, 2.24) is 21.3 Å². The summed E-state index contributed by atoms with van der Waals surface area (Å²) in [5.74, 6) is 1.61. The summed E-state index contributed by atoms with van der Waals surface area (Å²) >= 11 is 0. The zero-order valence-electron chi connectivity index (χ0n) is 58.1. The Labute approximate surface area is 569 Å². The normalized spacial score (nSPS) is 21.1. The van der Waals surface area contributed by atoms with Gasteiger partial charge in [0, 0.05) is 129 Å². The molecule has 0 aliphatic heterocycles. The van der Waals surface area contributed by atoms with Crippen LogP contribution in [-0.2, 0) is 71.2 Å². The Morgan fingerprint density at radius 2 is 0.411 bits per heavy atom. The van der Waals surface area contributed by atoms with Crippen LogP contribution in [-0.4, -0.2) is 193 Å². The van der Waals surface area contributed by atoms with Gasteiger partial charge in [-0.3, -0.25) is 0 Å². The van der Waals surface area contributed by atoms with Crippen molar-refractivity contribution in [3.8, 4) is 0 Å². The van der Waals surface area contributed by atoms with E-state index in [-0.39, 0.29) is 62.8 Å². The van der Waals surface area contributed by atoms with E-state index in [0.29, 0.717) is 63.3 Å². The third kappa shape index (κ3) is 46.2. The van der Waals surface area contributed by atoms with Crippen molar-refractivity contribution in [2.45, 2.75) is 242 Å². The Morgan fingerprint density at radius 1 is 0.242 bits per heavy atom. The second-order valence-electron chi connectivity index (χ2n) is 26.1. The van der Waals surface area contributed by atoms with Crippen LogP contribution in [0.3, 0.4) is 0 Å². The number of carbonyl (C=O) groups is 6. The van der Waals surface area contributed by atoms with Gasteiger partial charge in [-0.1, -0.05) is 13.2 Å². The van der Waals surface area contributed by atoms with E-state index in [1.165, 1.54) is 12.8 Å². The van der Waals surface area contributed by atoms with Gasteiger partial charge in [-0.25, -0.2) is 28.8 Å². The molecule has 23 nitrogen and oxygen atoms in total. The SMILES string of the molecule is C=CC(=O)OCCOC(=O)NC1CCC(CC2CCC(NC(=O)OCCCCOCCCCOCCCCOCCCCOCCCCOCCCCOCCCCOCCCCOC(=O)NC3CCC(CC4CCC(NC(=O)OCCOC(=O)C=C)CC4)CC3)CC2)CC1. The fraction of sp³-hybridized carbons (Fsp3) is 0.861. The molecular weight excluding hydrogens is 1220 g/mol. The van der Waals surface area contributed by atoms with E-state index in [9.17, 15) is 28.8 Å². The summed E-state index contributed by atoms with van der Waals surface area (Å²) in [4.78, 5) is 71.1. The molecule has 4 saturated carbocycles. The highest BCUT2D eigenvalue weighted by Crippen LogP contribution is 2.37. The number of amides is 4. The van der Waals surface area contributed by atoms with Crippen molar-refractivity contribution < 1.29 is 90.3 Å². The molecule has 4 fully saturated rings. The lowest BCUT2D eigenvalue weighted by molar-refractivity contribution is -0.139. The summed E-state index contributed by atoms with van der Waals surface area (Å²) in [6, 6.07) is 0.577. The molecule has 0 aromatic carbocycles. The van der Waals surface area contributed by atoms with Gasteiger partial charge in [0.15, 0.2) is 0 Å². The van der Waals surface area contributed by atoms with Crippen molar-refractivity contribution in [3.63, 3.8) is 0 Å². The highest BCUT2D eigenvalue weighted by molar-refractivity contribution is 5.81. The van der Waals surface area contributed by atoms with Gasteiger partial charge in [-0.05, 0) is 242 Å². The predicted octanol–water partition coefficient (Wildman–Crippen LogP) is 12.7. The molecule has 4 aliphatic carbocycles. The van der Waals surface area contributed by atoms with E-state index >= 15 is 0 Å². The van der Waals surface area contributed by atoms with Crippen LogP contribution < -0.4 is 21.3 Å². The number of hydrogen-bond donors (Lipinski definition) is 4. The first-order chi connectivity index (χ1) is 46.6. The first kappa shape index (κ1) is 82.6. The minimum Gasteiger partial charge on any atom is -0.459 e. The molecule has 0 aromatic heterocycles. The van der Waals surface area contributed by atoms with Gasteiger partial charge in [0.1, 0.15) is 26.4 Å². The quantitative estimate of drug-likeness (QED) is 0.0191. The second kappa shape index (κ2) is 57.2. The first-order valence-corrected chi connectivity index (χ1v) is 36.9. The molecule has 0 aromatic rings. The van der Waals surface area contributed by atoms with E-state index in [1.807, 2.05) is 0 Å². The van der Waals surface area contributed by atoms with Crippen molar-refractivity contribution in [2.24, 2.45) is 23.7 Å². The molecule has 23 heteroatoms. The van der Waals surface area contributed by atoms with Gasteiger partial charge >= 0.3 is 36.3 Å².